The van der Waals surface area contributed by atoms with Crippen LogP contribution in [0.15, 0.2) is 0 Å². The molecular formula is C6H11F2N. The van der Waals surface area contributed by atoms with Crippen LogP contribution in [-0.4, -0.2) is 12.0 Å². The van der Waals surface area contributed by atoms with Gasteiger partial charge in [-0.15, -0.1) is 0 Å². The topological polar surface area (TPSA) is 26.0 Å². The lowest BCUT2D eigenvalue weighted by molar-refractivity contribution is -0.0306. The molecular weight excluding hydrogens is 124 g/mol. The highest BCUT2D eigenvalue weighted by atomic mass is 19.3. The van der Waals surface area contributed by atoms with Gasteiger partial charge in [-0.05, 0) is 6.42 Å². The van der Waals surface area contributed by atoms with E-state index in [1.165, 1.54) is 0 Å². The summed E-state index contributed by atoms with van der Waals surface area (Å²) >= 11 is 0. The minimum atomic E-state index is -2.50. The summed E-state index contributed by atoms with van der Waals surface area (Å²) in [6.07, 6.45) is 0.334. The summed E-state index contributed by atoms with van der Waals surface area (Å²) < 4.78 is 25.0. The fourth-order valence-corrected chi connectivity index (χ4v) is 1.26. The van der Waals surface area contributed by atoms with Crippen LogP contribution >= 0.6 is 0 Å². The van der Waals surface area contributed by atoms with Gasteiger partial charge in [-0.25, -0.2) is 8.78 Å². The molecule has 0 saturated heterocycles. The molecule has 0 spiro atoms. The highest BCUT2D eigenvalue weighted by Crippen LogP contribution is 2.38. The largest absolute Gasteiger partial charge is 0.327 e. The molecule has 0 aromatic carbocycles. The Labute approximate surface area is 53.2 Å². The second-order valence-corrected chi connectivity index (χ2v) is 2.86. The van der Waals surface area contributed by atoms with Crippen molar-refractivity contribution in [3.05, 3.63) is 0 Å². The summed E-state index contributed by atoms with van der Waals surface area (Å²) in [5.41, 5.74) is 5.32. The Balaban J connectivity index is 2.58. The fourth-order valence-electron chi connectivity index (χ4n) is 1.26. The van der Waals surface area contributed by atoms with Crippen molar-refractivity contribution < 1.29 is 8.78 Å². The molecule has 2 N–H and O–H groups in total. The van der Waals surface area contributed by atoms with Gasteiger partial charge in [0.1, 0.15) is 0 Å². The van der Waals surface area contributed by atoms with Crippen LogP contribution in [0.5, 0.6) is 0 Å². The van der Waals surface area contributed by atoms with E-state index in [-0.39, 0.29) is 12.5 Å². The molecule has 0 aromatic heterocycles. The molecule has 54 valence electrons. The van der Waals surface area contributed by atoms with Crippen molar-refractivity contribution in [1.82, 2.24) is 0 Å². The predicted molar refractivity (Wildman–Crippen MR) is 31.3 cm³/mol. The summed E-state index contributed by atoms with van der Waals surface area (Å²) in [7, 11) is 0. The van der Waals surface area contributed by atoms with E-state index in [2.05, 4.69) is 0 Å². The summed E-state index contributed by atoms with van der Waals surface area (Å²) in [5.74, 6) is -3.02. The molecule has 0 heterocycles. The Bertz CT molecular complexity index is 114. The van der Waals surface area contributed by atoms with Crippen LogP contribution in [0.1, 0.15) is 19.8 Å². The fraction of sp³-hybridized carbons (Fsp3) is 1.00. The SMILES string of the molecule is C[C@@H]1C[C@H](N)CC1(F)F. The van der Waals surface area contributed by atoms with Crippen LogP contribution in [0, 0.1) is 5.92 Å². The molecule has 1 aliphatic rings. The summed E-state index contributed by atoms with van der Waals surface area (Å²) in [5, 5.41) is 0. The molecule has 1 aliphatic carbocycles. The molecule has 0 aromatic rings. The average molecular weight is 135 g/mol. The summed E-state index contributed by atoms with van der Waals surface area (Å²) in [6.45, 7) is 1.55. The standard InChI is InChI=1S/C6H11F2N/c1-4-2-5(9)3-6(4,7)8/h4-5H,2-3,9H2,1H3/t4-,5+/m1/s1. The molecule has 2 atom stereocenters. The number of rotatable bonds is 0. The van der Waals surface area contributed by atoms with E-state index in [0.29, 0.717) is 6.42 Å². The second-order valence-electron chi connectivity index (χ2n) is 2.86. The third-order valence-electron chi connectivity index (χ3n) is 1.91. The smallest absolute Gasteiger partial charge is 0.252 e. The van der Waals surface area contributed by atoms with E-state index in [0.717, 1.165) is 0 Å². The first kappa shape index (κ1) is 6.93. The zero-order valence-corrected chi connectivity index (χ0v) is 5.40. The monoisotopic (exact) mass is 135 g/mol. The number of halogens is 2. The van der Waals surface area contributed by atoms with Gasteiger partial charge >= 0.3 is 0 Å². The maximum absolute atomic E-state index is 12.5. The lowest BCUT2D eigenvalue weighted by atomic mass is 10.1. The van der Waals surface area contributed by atoms with E-state index >= 15 is 0 Å². The predicted octanol–water partition coefficient (Wildman–Crippen LogP) is 1.38. The van der Waals surface area contributed by atoms with Crippen molar-refractivity contribution in [1.29, 1.82) is 0 Å². The zero-order chi connectivity index (χ0) is 7.07. The van der Waals surface area contributed by atoms with Crippen molar-refractivity contribution in [2.24, 2.45) is 11.7 Å². The molecule has 1 rings (SSSR count). The van der Waals surface area contributed by atoms with E-state index in [1.807, 2.05) is 0 Å². The van der Waals surface area contributed by atoms with Crippen LogP contribution in [-0.2, 0) is 0 Å². The van der Waals surface area contributed by atoms with Crippen molar-refractivity contribution in [3.63, 3.8) is 0 Å². The second kappa shape index (κ2) is 1.90. The third-order valence-corrected chi connectivity index (χ3v) is 1.91. The Kier molecular flexibility index (Phi) is 1.47. The van der Waals surface area contributed by atoms with Gasteiger partial charge in [-0.3, -0.25) is 0 Å². The number of alkyl halides is 2. The first-order valence-electron chi connectivity index (χ1n) is 3.16. The maximum Gasteiger partial charge on any atom is 0.252 e. The van der Waals surface area contributed by atoms with Gasteiger partial charge in [0.2, 0.25) is 0 Å². The molecule has 0 bridgehead atoms. The van der Waals surface area contributed by atoms with E-state index in [4.69, 9.17) is 5.73 Å². The molecule has 1 fully saturated rings. The molecule has 9 heavy (non-hydrogen) atoms. The average Bonchev–Trinajstić information content (AvgIpc) is 1.79. The number of hydrogen-bond acceptors (Lipinski definition) is 1. The van der Waals surface area contributed by atoms with Gasteiger partial charge in [0.05, 0.1) is 0 Å². The zero-order valence-electron chi connectivity index (χ0n) is 5.40. The minimum absolute atomic E-state index is 0.131. The van der Waals surface area contributed by atoms with Crippen molar-refractivity contribution in [2.45, 2.75) is 31.7 Å². The van der Waals surface area contributed by atoms with Crippen molar-refractivity contribution >= 4 is 0 Å². The molecule has 0 radical (unpaired) electrons. The summed E-state index contributed by atoms with van der Waals surface area (Å²) in [6, 6.07) is -0.282. The summed E-state index contributed by atoms with van der Waals surface area (Å²) in [4.78, 5) is 0. The molecule has 3 heteroatoms. The van der Waals surface area contributed by atoms with Crippen LogP contribution in [0.3, 0.4) is 0 Å². The lowest BCUT2D eigenvalue weighted by Gasteiger charge is -2.12. The number of nitrogens with two attached hydrogens (primary N) is 1. The van der Waals surface area contributed by atoms with Gasteiger partial charge in [0.15, 0.2) is 0 Å². The number of hydrogen-bond donors (Lipinski definition) is 1. The van der Waals surface area contributed by atoms with Gasteiger partial charge < -0.3 is 5.73 Å². The van der Waals surface area contributed by atoms with E-state index in [9.17, 15) is 8.78 Å². The van der Waals surface area contributed by atoms with Gasteiger partial charge in [-0.1, -0.05) is 6.92 Å². The van der Waals surface area contributed by atoms with Gasteiger partial charge in [0.25, 0.3) is 5.92 Å². The molecule has 1 saturated carbocycles. The molecule has 0 aliphatic heterocycles. The Morgan fingerprint density at radius 1 is 1.56 bits per heavy atom. The highest BCUT2D eigenvalue weighted by molar-refractivity contribution is 4.88. The lowest BCUT2D eigenvalue weighted by Crippen LogP contribution is -2.20. The Morgan fingerprint density at radius 3 is 2.22 bits per heavy atom. The Hall–Kier alpha value is -0.180. The Morgan fingerprint density at radius 2 is 2.11 bits per heavy atom. The van der Waals surface area contributed by atoms with Gasteiger partial charge in [0, 0.05) is 18.4 Å². The first-order chi connectivity index (χ1) is 4.02. The molecule has 1 nitrogen and oxygen atoms in total. The quantitative estimate of drug-likeness (QED) is 0.533. The van der Waals surface area contributed by atoms with Crippen LogP contribution in [0.25, 0.3) is 0 Å². The highest BCUT2D eigenvalue weighted by Gasteiger charge is 2.44. The first-order valence-corrected chi connectivity index (χ1v) is 3.16. The minimum Gasteiger partial charge on any atom is -0.327 e. The molecule has 0 unspecified atom stereocenters. The van der Waals surface area contributed by atoms with E-state index < -0.39 is 11.8 Å². The van der Waals surface area contributed by atoms with Crippen LogP contribution in [0.2, 0.25) is 0 Å². The normalized spacial score (nSPS) is 41.3. The third kappa shape index (κ3) is 1.21. The molecule has 0 amide bonds. The van der Waals surface area contributed by atoms with Crippen molar-refractivity contribution in [2.75, 3.05) is 0 Å². The van der Waals surface area contributed by atoms with Gasteiger partial charge in [-0.2, -0.15) is 0 Å². The van der Waals surface area contributed by atoms with E-state index in [1.54, 1.807) is 6.92 Å². The van der Waals surface area contributed by atoms with Crippen molar-refractivity contribution in [3.8, 4) is 0 Å². The van der Waals surface area contributed by atoms with Crippen LogP contribution in [0.4, 0.5) is 8.78 Å². The maximum atomic E-state index is 12.5. The van der Waals surface area contributed by atoms with Crippen LogP contribution < -0.4 is 5.73 Å².